The van der Waals surface area contributed by atoms with Gasteiger partial charge in [0.05, 0.1) is 0 Å². The Labute approximate surface area is 91.8 Å². The summed E-state index contributed by atoms with van der Waals surface area (Å²) in [6.07, 6.45) is 5.66. The fraction of sp³-hybridized carbons (Fsp3) is 1.00. The Morgan fingerprint density at radius 3 is 2.79 bits per heavy atom. The van der Waals surface area contributed by atoms with Crippen LogP contribution in [0.15, 0.2) is 0 Å². The predicted molar refractivity (Wildman–Crippen MR) is 64.0 cm³/mol. The van der Waals surface area contributed by atoms with Gasteiger partial charge < -0.3 is 10.2 Å². The van der Waals surface area contributed by atoms with Crippen LogP contribution in [0.25, 0.3) is 0 Å². The maximum atomic E-state index is 3.67. The van der Waals surface area contributed by atoms with Gasteiger partial charge in [-0.3, -0.25) is 0 Å². The molecule has 0 unspecified atom stereocenters. The van der Waals surface area contributed by atoms with Crippen molar-refractivity contribution in [3.8, 4) is 0 Å². The lowest BCUT2D eigenvalue weighted by Crippen LogP contribution is -2.39. The molecule has 3 heteroatoms. The van der Waals surface area contributed by atoms with Gasteiger partial charge in [0.1, 0.15) is 0 Å². The van der Waals surface area contributed by atoms with E-state index in [-0.39, 0.29) is 0 Å². The third-order valence-electron chi connectivity index (χ3n) is 3.24. The van der Waals surface area contributed by atoms with Crippen LogP contribution in [0.4, 0.5) is 0 Å². The molecule has 82 valence electrons. The first-order chi connectivity index (χ1) is 6.95. The molecule has 0 aromatic heterocycles. The Hall–Kier alpha value is 0.270. The molecule has 0 bridgehead atoms. The molecule has 2 aliphatic rings. The second kappa shape index (κ2) is 5.99. The average molecular weight is 214 g/mol. The number of rotatable bonds is 4. The molecule has 2 heterocycles. The van der Waals surface area contributed by atoms with E-state index in [1.165, 1.54) is 63.4 Å². The van der Waals surface area contributed by atoms with Gasteiger partial charge in [-0.15, -0.1) is 0 Å². The summed E-state index contributed by atoms with van der Waals surface area (Å²) in [6.45, 7) is 5.13. The highest BCUT2D eigenvalue weighted by Crippen LogP contribution is 2.16. The van der Waals surface area contributed by atoms with Crippen LogP contribution in [-0.4, -0.2) is 48.6 Å². The number of nitrogens with one attached hydrogen (secondary N) is 1. The Bertz CT molecular complexity index is 151. The Kier molecular flexibility index (Phi) is 4.61. The van der Waals surface area contributed by atoms with Crippen molar-refractivity contribution in [3.63, 3.8) is 0 Å². The normalized spacial score (nSPS) is 29.6. The molecule has 0 aromatic carbocycles. The summed E-state index contributed by atoms with van der Waals surface area (Å²) in [5, 5.41) is 3.67. The van der Waals surface area contributed by atoms with E-state index < -0.39 is 0 Å². The lowest BCUT2D eigenvalue weighted by atomic mass is 10.1. The van der Waals surface area contributed by atoms with Gasteiger partial charge in [0.2, 0.25) is 0 Å². The van der Waals surface area contributed by atoms with E-state index in [2.05, 4.69) is 22.0 Å². The molecule has 2 nitrogen and oxygen atoms in total. The molecular weight excluding hydrogens is 192 g/mol. The molecule has 2 rings (SSSR count). The number of piperidine rings is 1. The zero-order chi connectivity index (χ0) is 9.64. The van der Waals surface area contributed by atoms with Crippen molar-refractivity contribution in [1.82, 2.24) is 10.2 Å². The van der Waals surface area contributed by atoms with Crippen molar-refractivity contribution in [3.05, 3.63) is 0 Å². The minimum absolute atomic E-state index is 0.810. The Balaban J connectivity index is 1.52. The molecule has 1 N–H and O–H groups in total. The van der Waals surface area contributed by atoms with Gasteiger partial charge in [-0.1, -0.05) is 6.42 Å². The number of thioether (sulfide) groups is 1. The van der Waals surface area contributed by atoms with Crippen LogP contribution in [0.2, 0.25) is 0 Å². The molecule has 2 aliphatic heterocycles. The summed E-state index contributed by atoms with van der Waals surface area (Å²) < 4.78 is 0. The monoisotopic (exact) mass is 214 g/mol. The predicted octanol–water partition coefficient (Wildman–Crippen LogP) is 1.57. The molecular formula is C11H22N2S. The van der Waals surface area contributed by atoms with Gasteiger partial charge in [-0.25, -0.2) is 0 Å². The van der Waals surface area contributed by atoms with Crippen LogP contribution in [0.3, 0.4) is 0 Å². The highest BCUT2D eigenvalue weighted by molar-refractivity contribution is 7.99. The van der Waals surface area contributed by atoms with Crippen molar-refractivity contribution >= 4 is 11.8 Å². The van der Waals surface area contributed by atoms with Gasteiger partial charge >= 0.3 is 0 Å². The third kappa shape index (κ3) is 3.44. The molecule has 2 saturated heterocycles. The van der Waals surface area contributed by atoms with E-state index in [9.17, 15) is 0 Å². The van der Waals surface area contributed by atoms with Crippen molar-refractivity contribution < 1.29 is 0 Å². The number of nitrogens with zero attached hydrogens (tertiary/aromatic N) is 1. The van der Waals surface area contributed by atoms with E-state index in [0.29, 0.717) is 0 Å². The van der Waals surface area contributed by atoms with Crippen LogP contribution in [0, 0.1) is 0 Å². The minimum atomic E-state index is 0.810. The van der Waals surface area contributed by atoms with Gasteiger partial charge in [0.25, 0.3) is 0 Å². The Morgan fingerprint density at radius 1 is 1.21 bits per heavy atom. The van der Waals surface area contributed by atoms with Crippen LogP contribution in [0.5, 0.6) is 0 Å². The molecule has 0 radical (unpaired) electrons. The highest BCUT2D eigenvalue weighted by atomic mass is 32.2. The van der Waals surface area contributed by atoms with Gasteiger partial charge in [0.15, 0.2) is 0 Å². The lowest BCUT2D eigenvalue weighted by molar-refractivity contribution is 0.227. The average Bonchev–Trinajstić information content (AvgIpc) is 2.72. The molecule has 0 aliphatic carbocycles. The third-order valence-corrected chi connectivity index (χ3v) is 4.40. The number of hydrogen-bond acceptors (Lipinski definition) is 3. The fourth-order valence-electron chi connectivity index (χ4n) is 2.31. The second-order valence-electron chi connectivity index (χ2n) is 4.42. The quantitative estimate of drug-likeness (QED) is 0.765. The standard InChI is InChI=1S/C11H22N2S/c1-2-6-13(7-3-1)8-5-12-11-4-9-14-10-11/h11-12H,1-10H2/t11-/m1/s1. The smallest absolute Gasteiger partial charge is 0.0166 e. The highest BCUT2D eigenvalue weighted by Gasteiger charge is 2.15. The SMILES string of the molecule is C1CCN(CCN[C@@H]2CCSC2)CC1. The van der Waals surface area contributed by atoms with Crippen LogP contribution >= 0.6 is 11.8 Å². The van der Waals surface area contributed by atoms with Crippen LogP contribution < -0.4 is 5.32 Å². The van der Waals surface area contributed by atoms with Gasteiger partial charge in [-0.05, 0) is 38.1 Å². The van der Waals surface area contributed by atoms with Gasteiger partial charge in [0, 0.05) is 24.9 Å². The minimum Gasteiger partial charge on any atom is -0.312 e. The van der Waals surface area contributed by atoms with Crippen molar-refractivity contribution in [2.75, 3.05) is 37.7 Å². The van der Waals surface area contributed by atoms with Crippen molar-refractivity contribution in [1.29, 1.82) is 0 Å². The number of hydrogen-bond donors (Lipinski definition) is 1. The first-order valence-corrected chi connectivity index (χ1v) is 7.14. The maximum Gasteiger partial charge on any atom is 0.0166 e. The maximum absolute atomic E-state index is 3.67. The van der Waals surface area contributed by atoms with E-state index in [1.54, 1.807) is 0 Å². The van der Waals surface area contributed by atoms with E-state index in [1.807, 2.05) is 0 Å². The lowest BCUT2D eigenvalue weighted by Gasteiger charge is -2.26. The fourth-order valence-corrected chi connectivity index (χ4v) is 3.49. The topological polar surface area (TPSA) is 15.3 Å². The van der Waals surface area contributed by atoms with E-state index >= 15 is 0 Å². The van der Waals surface area contributed by atoms with E-state index in [0.717, 1.165) is 6.04 Å². The zero-order valence-electron chi connectivity index (χ0n) is 9.00. The van der Waals surface area contributed by atoms with Crippen LogP contribution in [0.1, 0.15) is 25.7 Å². The summed E-state index contributed by atoms with van der Waals surface area (Å²) in [6, 6.07) is 0.810. The molecule has 2 fully saturated rings. The second-order valence-corrected chi connectivity index (χ2v) is 5.57. The summed E-state index contributed by atoms with van der Waals surface area (Å²) >= 11 is 2.09. The van der Waals surface area contributed by atoms with Crippen LogP contribution in [-0.2, 0) is 0 Å². The number of likely N-dealkylation sites (tertiary alicyclic amines) is 1. The molecule has 0 spiro atoms. The summed E-state index contributed by atoms with van der Waals surface area (Å²) in [5.74, 6) is 2.70. The first-order valence-electron chi connectivity index (χ1n) is 5.98. The Morgan fingerprint density at radius 2 is 2.07 bits per heavy atom. The molecule has 0 aromatic rings. The van der Waals surface area contributed by atoms with Crippen molar-refractivity contribution in [2.45, 2.75) is 31.7 Å². The summed E-state index contributed by atoms with van der Waals surface area (Å²) in [7, 11) is 0. The molecule has 0 amide bonds. The largest absolute Gasteiger partial charge is 0.312 e. The zero-order valence-corrected chi connectivity index (χ0v) is 9.82. The van der Waals surface area contributed by atoms with Gasteiger partial charge in [-0.2, -0.15) is 11.8 Å². The summed E-state index contributed by atoms with van der Waals surface area (Å²) in [4.78, 5) is 2.61. The summed E-state index contributed by atoms with van der Waals surface area (Å²) in [5.41, 5.74) is 0. The molecule has 1 atom stereocenters. The molecule has 0 saturated carbocycles. The van der Waals surface area contributed by atoms with E-state index in [4.69, 9.17) is 0 Å². The molecule has 14 heavy (non-hydrogen) atoms. The first kappa shape index (κ1) is 10.8. The van der Waals surface area contributed by atoms with Crippen molar-refractivity contribution in [2.24, 2.45) is 0 Å².